The normalized spacial score (nSPS) is 13.5. The summed E-state index contributed by atoms with van der Waals surface area (Å²) < 4.78 is 14.6. The second-order valence-electron chi connectivity index (χ2n) is 4.25. The topological polar surface area (TPSA) is 44.8 Å². The van der Waals surface area contributed by atoms with E-state index in [1.165, 1.54) is 14.2 Å². The summed E-state index contributed by atoms with van der Waals surface area (Å²) in [5.74, 6) is -0.00447. The molecule has 0 aliphatic rings. The molecule has 4 nitrogen and oxygen atoms in total. The van der Waals surface area contributed by atoms with Gasteiger partial charge in [0.25, 0.3) is 6.29 Å². The molecular formula is C14H24O4. The standard InChI is InChI=1S/C14H24O4/c1-6-11(2)8-7-9-12(3)10-18-13(15)14(16-4)17-5/h6,9,11,14H,1,7-8,10H2,2-5H3. The van der Waals surface area contributed by atoms with E-state index in [1.54, 1.807) is 0 Å². The molecule has 0 aliphatic heterocycles. The SMILES string of the molecule is C=CC(C)CCC=C(C)COC(=O)C(OC)OC. The molecule has 0 aliphatic carbocycles. The van der Waals surface area contributed by atoms with Crippen LogP contribution in [-0.4, -0.2) is 33.1 Å². The lowest BCUT2D eigenvalue weighted by Gasteiger charge is -2.12. The Morgan fingerprint density at radius 2 is 1.94 bits per heavy atom. The van der Waals surface area contributed by atoms with Crippen molar-refractivity contribution in [1.29, 1.82) is 0 Å². The predicted octanol–water partition coefficient (Wildman–Crippen LogP) is 2.70. The molecule has 1 atom stereocenters. The highest BCUT2D eigenvalue weighted by molar-refractivity contribution is 5.73. The second-order valence-corrected chi connectivity index (χ2v) is 4.25. The Labute approximate surface area is 110 Å². The van der Waals surface area contributed by atoms with Gasteiger partial charge in [-0.05, 0) is 31.3 Å². The lowest BCUT2D eigenvalue weighted by molar-refractivity contribution is -0.182. The van der Waals surface area contributed by atoms with Gasteiger partial charge in [0, 0.05) is 14.2 Å². The maximum atomic E-state index is 11.4. The first kappa shape index (κ1) is 16.9. The molecule has 1 unspecified atom stereocenters. The lowest BCUT2D eigenvalue weighted by atomic mass is 10.1. The largest absolute Gasteiger partial charge is 0.457 e. The Balaban J connectivity index is 3.94. The first-order chi connectivity index (χ1) is 8.54. The van der Waals surface area contributed by atoms with Gasteiger partial charge in [-0.3, -0.25) is 0 Å². The van der Waals surface area contributed by atoms with E-state index in [4.69, 9.17) is 14.2 Å². The number of rotatable bonds is 9. The zero-order valence-corrected chi connectivity index (χ0v) is 11.8. The Bertz CT molecular complexity index is 280. The van der Waals surface area contributed by atoms with Crippen molar-refractivity contribution >= 4 is 5.97 Å². The van der Waals surface area contributed by atoms with Crippen molar-refractivity contribution in [2.24, 2.45) is 5.92 Å². The minimum Gasteiger partial charge on any atom is -0.457 e. The molecular weight excluding hydrogens is 232 g/mol. The van der Waals surface area contributed by atoms with Gasteiger partial charge in [-0.2, -0.15) is 0 Å². The van der Waals surface area contributed by atoms with Crippen LogP contribution in [0.25, 0.3) is 0 Å². The predicted molar refractivity (Wildman–Crippen MR) is 71.1 cm³/mol. The summed E-state index contributed by atoms with van der Waals surface area (Å²) in [7, 11) is 2.80. The van der Waals surface area contributed by atoms with Gasteiger partial charge in [0.1, 0.15) is 6.61 Å². The van der Waals surface area contributed by atoms with Crippen molar-refractivity contribution in [2.45, 2.75) is 33.0 Å². The molecule has 0 amide bonds. The second kappa shape index (κ2) is 9.85. The van der Waals surface area contributed by atoms with Gasteiger partial charge in [-0.15, -0.1) is 6.58 Å². The molecule has 0 aromatic heterocycles. The van der Waals surface area contributed by atoms with Crippen molar-refractivity contribution < 1.29 is 19.0 Å². The van der Waals surface area contributed by atoms with Crippen LogP contribution in [0.15, 0.2) is 24.3 Å². The lowest BCUT2D eigenvalue weighted by Crippen LogP contribution is -2.27. The molecule has 0 fully saturated rings. The molecule has 104 valence electrons. The zero-order valence-electron chi connectivity index (χ0n) is 11.8. The van der Waals surface area contributed by atoms with Gasteiger partial charge in [0.15, 0.2) is 0 Å². The minimum atomic E-state index is -0.946. The highest BCUT2D eigenvalue weighted by Crippen LogP contribution is 2.08. The van der Waals surface area contributed by atoms with Gasteiger partial charge < -0.3 is 14.2 Å². The highest BCUT2D eigenvalue weighted by atomic mass is 16.7. The van der Waals surface area contributed by atoms with Crippen molar-refractivity contribution in [3.05, 3.63) is 24.3 Å². The number of ether oxygens (including phenoxy) is 3. The van der Waals surface area contributed by atoms with Crippen LogP contribution in [0.5, 0.6) is 0 Å². The third-order valence-corrected chi connectivity index (χ3v) is 2.58. The maximum Gasteiger partial charge on any atom is 0.363 e. The van der Waals surface area contributed by atoms with E-state index < -0.39 is 12.3 Å². The van der Waals surface area contributed by atoms with Crippen LogP contribution in [-0.2, 0) is 19.0 Å². The van der Waals surface area contributed by atoms with Gasteiger partial charge in [-0.1, -0.05) is 19.1 Å². The first-order valence-electron chi connectivity index (χ1n) is 6.05. The van der Waals surface area contributed by atoms with E-state index in [0.29, 0.717) is 5.92 Å². The van der Waals surface area contributed by atoms with E-state index in [0.717, 1.165) is 18.4 Å². The van der Waals surface area contributed by atoms with Gasteiger partial charge in [-0.25, -0.2) is 4.79 Å². The van der Waals surface area contributed by atoms with Crippen LogP contribution in [0, 0.1) is 5.92 Å². The van der Waals surface area contributed by atoms with Crippen LogP contribution in [0.2, 0.25) is 0 Å². The Kier molecular flexibility index (Phi) is 9.24. The molecule has 0 aromatic rings. The van der Waals surface area contributed by atoms with Crippen LogP contribution in [0.1, 0.15) is 26.7 Å². The Morgan fingerprint density at radius 3 is 2.44 bits per heavy atom. The summed E-state index contributed by atoms with van der Waals surface area (Å²) in [6.45, 7) is 8.06. The van der Waals surface area contributed by atoms with Crippen LogP contribution < -0.4 is 0 Å². The summed E-state index contributed by atoms with van der Waals surface area (Å²) in [5, 5.41) is 0. The van der Waals surface area contributed by atoms with E-state index in [2.05, 4.69) is 19.6 Å². The maximum absolute atomic E-state index is 11.4. The fraction of sp³-hybridized carbons (Fsp3) is 0.643. The summed E-state index contributed by atoms with van der Waals surface area (Å²) in [6, 6.07) is 0. The van der Waals surface area contributed by atoms with Gasteiger partial charge >= 0.3 is 5.97 Å². The molecule has 0 saturated heterocycles. The molecule has 0 heterocycles. The smallest absolute Gasteiger partial charge is 0.363 e. The molecule has 4 heteroatoms. The third kappa shape index (κ3) is 7.25. The number of hydrogen-bond acceptors (Lipinski definition) is 4. The molecule has 0 N–H and O–H groups in total. The van der Waals surface area contributed by atoms with E-state index in [9.17, 15) is 4.79 Å². The van der Waals surface area contributed by atoms with E-state index in [1.807, 2.05) is 13.0 Å². The Hall–Kier alpha value is -1.13. The van der Waals surface area contributed by atoms with Crippen LogP contribution in [0.4, 0.5) is 0 Å². The third-order valence-electron chi connectivity index (χ3n) is 2.58. The summed E-state index contributed by atoms with van der Waals surface area (Å²) in [4.78, 5) is 11.4. The fourth-order valence-corrected chi connectivity index (χ4v) is 1.31. The quantitative estimate of drug-likeness (QED) is 0.361. The number of esters is 1. The molecule has 0 spiro atoms. The van der Waals surface area contributed by atoms with Crippen molar-refractivity contribution in [2.75, 3.05) is 20.8 Å². The Morgan fingerprint density at radius 1 is 1.33 bits per heavy atom. The minimum absolute atomic E-state index is 0.268. The molecule has 0 bridgehead atoms. The molecule has 0 saturated carbocycles. The zero-order chi connectivity index (χ0) is 14.0. The van der Waals surface area contributed by atoms with E-state index in [-0.39, 0.29) is 6.61 Å². The first-order valence-corrected chi connectivity index (χ1v) is 6.05. The molecule has 18 heavy (non-hydrogen) atoms. The summed E-state index contributed by atoms with van der Waals surface area (Å²) in [5.41, 5.74) is 1.02. The number of hydrogen-bond donors (Lipinski definition) is 0. The average Bonchev–Trinajstić information content (AvgIpc) is 2.37. The van der Waals surface area contributed by atoms with Crippen molar-refractivity contribution in [1.82, 2.24) is 0 Å². The number of methoxy groups -OCH3 is 2. The molecule has 0 rings (SSSR count). The number of allylic oxidation sites excluding steroid dienone is 2. The average molecular weight is 256 g/mol. The number of carbonyl (C=O) groups excluding carboxylic acids is 1. The van der Waals surface area contributed by atoms with Crippen LogP contribution >= 0.6 is 0 Å². The van der Waals surface area contributed by atoms with E-state index >= 15 is 0 Å². The van der Waals surface area contributed by atoms with Crippen LogP contribution in [0.3, 0.4) is 0 Å². The monoisotopic (exact) mass is 256 g/mol. The number of carbonyl (C=O) groups is 1. The van der Waals surface area contributed by atoms with Crippen molar-refractivity contribution in [3.8, 4) is 0 Å². The fourth-order valence-electron chi connectivity index (χ4n) is 1.31. The van der Waals surface area contributed by atoms with Crippen molar-refractivity contribution in [3.63, 3.8) is 0 Å². The molecule has 0 radical (unpaired) electrons. The molecule has 0 aromatic carbocycles. The highest BCUT2D eigenvalue weighted by Gasteiger charge is 2.18. The van der Waals surface area contributed by atoms with Gasteiger partial charge in [0.05, 0.1) is 0 Å². The summed E-state index contributed by atoms with van der Waals surface area (Å²) in [6.07, 6.45) is 5.06. The van der Waals surface area contributed by atoms with Gasteiger partial charge in [0.2, 0.25) is 0 Å². The summed E-state index contributed by atoms with van der Waals surface area (Å²) >= 11 is 0.